The van der Waals surface area contributed by atoms with Crippen molar-refractivity contribution < 1.29 is 50.5 Å². The molecule has 17 heteroatoms. The van der Waals surface area contributed by atoms with Crippen LogP contribution in [0.5, 0.6) is 11.5 Å². The molecule has 15 nitrogen and oxygen atoms in total. The number of hydrogen-bond donors (Lipinski definition) is 8. The minimum Gasteiger partial charge on any atom is -0.507 e. The number of anilines is 4. The third-order valence-corrected chi connectivity index (χ3v) is 10.3. The van der Waals surface area contributed by atoms with E-state index in [-0.39, 0.29) is 56.1 Å². The first-order chi connectivity index (χ1) is 25.4. The molecule has 6 rings (SSSR count). The van der Waals surface area contributed by atoms with Crippen molar-refractivity contribution in [3.63, 3.8) is 0 Å². The van der Waals surface area contributed by atoms with Gasteiger partial charge in [0.25, 0.3) is 32.1 Å². The highest BCUT2D eigenvalue weighted by atomic mass is 32.2. The van der Waals surface area contributed by atoms with Crippen molar-refractivity contribution in [2.45, 2.75) is 23.6 Å². The quantitative estimate of drug-likeness (QED) is 0.0795. The van der Waals surface area contributed by atoms with Crippen LogP contribution in [-0.4, -0.2) is 54.0 Å². The van der Waals surface area contributed by atoms with Crippen LogP contribution in [0, 0.1) is 13.8 Å². The third-order valence-electron chi connectivity index (χ3n) is 8.50. The number of imide groups is 2. The van der Waals surface area contributed by atoms with E-state index >= 15 is 0 Å². The van der Waals surface area contributed by atoms with Crippen molar-refractivity contribution in [1.29, 1.82) is 0 Å². The zero-order valence-electron chi connectivity index (χ0n) is 28.2. The Morgan fingerprint density at radius 2 is 0.926 bits per heavy atom. The number of carbonyl (C=O) groups is 3. The highest BCUT2D eigenvalue weighted by Crippen LogP contribution is 2.40. The lowest BCUT2D eigenvalue weighted by Crippen LogP contribution is -2.42. The second-order valence-electron chi connectivity index (χ2n) is 12.1. The number of amides is 4. The topological polar surface area (TPSA) is 249 Å². The van der Waals surface area contributed by atoms with Crippen LogP contribution < -0.4 is 21.3 Å². The fourth-order valence-electron chi connectivity index (χ4n) is 5.81. The number of benzene rings is 6. The highest BCUT2D eigenvalue weighted by Gasteiger charge is 2.23. The molecule has 0 unspecified atom stereocenters. The first-order valence-corrected chi connectivity index (χ1v) is 18.7. The fourth-order valence-corrected chi connectivity index (χ4v) is 7.11. The summed E-state index contributed by atoms with van der Waals surface area (Å²) in [6.45, 7) is 3.29. The molecule has 0 spiro atoms. The monoisotopic (exact) mass is 770 g/mol. The van der Waals surface area contributed by atoms with E-state index in [0.29, 0.717) is 21.9 Å². The van der Waals surface area contributed by atoms with Crippen LogP contribution in [0.25, 0.3) is 21.5 Å². The van der Waals surface area contributed by atoms with Gasteiger partial charge in [-0.05, 0) is 84.3 Å². The van der Waals surface area contributed by atoms with E-state index in [1.54, 1.807) is 38.1 Å². The molecule has 6 aromatic rings. The number of fused-ring (bicyclic) bond motifs is 2. The van der Waals surface area contributed by atoms with E-state index in [1.807, 2.05) is 10.6 Å². The van der Waals surface area contributed by atoms with Gasteiger partial charge < -0.3 is 20.8 Å². The first-order valence-electron chi connectivity index (χ1n) is 15.8. The molecule has 54 heavy (non-hydrogen) atoms. The van der Waals surface area contributed by atoms with Gasteiger partial charge in [0.05, 0.1) is 11.4 Å². The van der Waals surface area contributed by atoms with Crippen LogP contribution in [0.4, 0.5) is 27.5 Å². The van der Waals surface area contributed by atoms with Gasteiger partial charge in [-0.1, -0.05) is 48.5 Å². The van der Waals surface area contributed by atoms with E-state index < -0.39 is 47.9 Å². The maximum absolute atomic E-state index is 13.1. The number of rotatable bonds is 8. The smallest absolute Gasteiger partial charge is 0.328 e. The Morgan fingerprint density at radius 1 is 0.537 bits per heavy atom. The lowest BCUT2D eigenvalue weighted by atomic mass is 10.1. The molecule has 0 bridgehead atoms. The Balaban J connectivity index is 1.22. The Hall–Kier alpha value is -6.53. The zero-order valence-corrected chi connectivity index (χ0v) is 29.8. The van der Waals surface area contributed by atoms with Crippen LogP contribution >= 0.6 is 0 Å². The molecule has 4 amide bonds. The van der Waals surface area contributed by atoms with Crippen molar-refractivity contribution in [3.8, 4) is 11.5 Å². The molecular weight excluding hydrogens is 741 g/mol. The van der Waals surface area contributed by atoms with Gasteiger partial charge in [-0.15, -0.1) is 0 Å². The van der Waals surface area contributed by atoms with E-state index in [1.165, 1.54) is 60.7 Å². The predicted octanol–water partition coefficient (Wildman–Crippen LogP) is 6.28. The van der Waals surface area contributed by atoms with Gasteiger partial charge in [0.1, 0.15) is 21.3 Å². The summed E-state index contributed by atoms with van der Waals surface area (Å²) in [4.78, 5) is 38.1. The Labute approximate surface area is 307 Å². The molecule has 0 saturated heterocycles. The van der Waals surface area contributed by atoms with Crippen molar-refractivity contribution in [3.05, 3.63) is 119 Å². The SMILES string of the molecule is Cc1ccc(C(=O)NC(=O)NC(=O)c2ccc(C)c(Nc3c(S(=O)(=O)O)ccc4cccc(O)c34)c2)cc1Nc1c(S(=O)(=O)O)ccc2cccc(O)c12. The predicted molar refractivity (Wildman–Crippen MR) is 200 cm³/mol. The Morgan fingerprint density at radius 3 is 1.30 bits per heavy atom. The fraction of sp³-hybridized carbons (Fsp3) is 0.0541. The summed E-state index contributed by atoms with van der Waals surface area (Å²) in [5.41, 5.74) is 0.937. The van der Waals surface area contributed by atoms with Crippen molar-refractivity contribution >= 4 is 82.4 Å². The maximum atomic E-state index is 13.1. The van der Waals surface area contributed by atoms with Crippen LogP contribution in [-0.2, 0) is 20.2 Å². The molecule has 276 valence electrons. The largest absolute Gasteiger partial charge is 0.507 e. The van der Waals surface area contributed by atoms with Crippen LogP contribution in [0.1, 0.15) is 31.8 Å². The summed E-state index contributed by atoms with van der Waals surface area (Å²) in [5, 5.41) is 32.1. The summed E-state index contributed by atoms with van der Waals surface area (Å²) in [6.07, 6.45) is 0. The Kier molecular flexibility index (Phi) is 9.74. The van der Waals surface area contributed by atoms with E-state index in [9.17, 15) is 50.5 Å². The van der Waals surface area contributed by atoms with Crippen LogP contribution in [0.3, 0.4) is 0 Å². The lowest BCUT2D eigenvalue weighted by Gasteiger charge is -2.17. The number of nitrogens with one attached hydrogen (secondary N) is 4. The number of phenols is 2. The molecule has 0 aliphatic heterocycles. The summed E-state index contributed by atoms with van der Waals surface area (Å²) >= 11 is 0. The normalized spacial score (nSPS) is 11.6. The average Bonchev–Trinajstić information content (AvgIpc) is 3.09. The Bertz CT molecular complexity index is 2600. The van der Waals surface area contributed by atoms with Gasteiger partial charge in [0, 0.05) is 33.3 Å². The second kappa shape index (κ2) is 14.1. The molecular formula is C37H30N4O11S2. The summed E-state index contributed by atoms with van der Waals surface area (Å²) in [5.74, 6) is -2.45. The van der Waals surface area contributed by atoms with Gasteiger partial charge in [-0.2, -0.15) is 16.8 Å². The summed E-state index contributed by atoms with van der Waals surface area (Å²) in [6, 6.07) is 21.3. The first kappa shape index (κ1) is 37.2. The van der Waals surface area contributed by atoms with Gasteiger partial charge in [-0.25, -0.2) is 4.79 Å². The number of aryl methyl sites for hydroxylation is 2. The van der Waals surface area contributed by atoms with Gasteiger partial charge >= 0.3 is 6.03 Å². The van der Waals surface area contributed by atoms with E-state index in [2.05, 4.69) is 10.6 Å². The number of hydrogen-bond acceptors (Lipinski definition) is 11. The number of aromatic hydroxyl groups is 2. The zero-order chi connectivity index (χ0) is 39.1. The van der Waals surface area contributed by atoms with Crippen molar-refractivity contribution in [2.24, 2.45) is 0 Å². The molecule has 0 aliphatic carbocycles. The number of urea groups is 1. The van der Waals surface area contributed by atoms with E-state index in [4.69, 9.17) is 0 Å². The third kappa shape index (κ3) is 7.50. The van der Waals surface area contributed by atoms with Crippen molar-refractivity contribution in [1.82, 2.24) is 10.6 Å². The lowest BCUT2D eigenvalue weighted by molar-refractivity contribution is 0.0944. The average molecular weight is 771 g/mol. The number of carbonyl (C=O) groups excluding carboxylic acids is 3. The molecule has 0 aromatic heterocycles. The number of phenolic OH excluding ortho intramolecular Hbond substituents is 2. The van der Waals surface area contributed by atoms with Crippen LogP contribution in [0.2, 0.25) is 0 Å². The van der Waals surface area contributed by atoms with E-state index in [0.717, 1.165) is 12.1 Å². The highest BCUT2D eigenvalue weighted by molar-refractivity contribution is 7.86. The molecule has 0 radical (unpaired) electrons. The molecule has 0 fully saturated rings. The minimum atomic E-state index is -4.78. The summed E-state index contributed by atoms with van der Waals surface area (Å²) in [7, 11) is -9.55. The second-order valence-corrected chi connectivity index (χ2v) is 14.9. The van der Waals surface area contributed by atoms with Gasteiger partial charge in [0.2, 0.25) is 0 Å². The standard InChI is InChI=1S/C37H30N4O11S2/c1-19-9-11-23(17-25(19)38-33-29(53(47,48)49)15-13-21-5-3-7-27(42)31(21)33)35(44)40-37(46)41-36(45)24-12-10-20(2)26(18-24)39-34-30(54(50,51)52)16-14-22-6-4-8-28(43)32(22)34/h3-18,38-39,42-43H,1-2H3,(H,47,48,49)(H,50,51,52)(H2,40,41,44,45,46). The molecule has 0 heterocycles. The summed E-state index contributed by atoms with van der Waals surface area (Å²) < 4.78 is 68.8. The van der Waals surface area contributed by atoms with Gasteiger partial charge in [-0.3, -0.25) is 29.3 Å². The van der Waals surface area contributed by atoms with Crippen molar-refractivity contribution in [2.75, 3.05) is 10.6 Å². The molecule has 8 N–H and O–H groups in total. The molecule has 6 aromatic carbocycles. The maximum Gasteiger partial charge on any atom is 0.328 e. The molecule has 0 aliphatic rings. The minimum absolute atomic E-state index is 0.0848. The molecule has 0 saturated carbocycles. The van der Waals surface area contributed by atoms with Gasteiger partial charge in [0.15, 0.2) is 0 Å². The van der Waals surface area contributed by atoms with Crippen LogP contribution in [0.15, 0.2) is 107 Å². The molecule has 0 atom stereocenters.